The molecule has 1 unspecified atom stereocenters. The molecular formula is C15H21NO2. The summed E-state index contributed by atoms with van der Waals surface area (Å²) in [6.07, 6.45) is 4.80. The molecule has 0 aromatic heterocycles. The molecule has 1 atom stereocenters. The summed E-state index contributed by atoms with van der Waals surface area (Å²) < 4.78 is 11.1. The van der Waals surface area contributed by atoms with E-state index in [-0.39, 0.29) is 0 Å². The molecule has 3 heteroatoms. The van der Waals surface area contributed by atoms with Gasteiger partial charge in [0.15, 0.2) is 11.5 Å². The first-order valence-electron chi connectivity index (χ1n) is 6.90. The van der Waals surface area contributed by atoms with Gasteiger partial charge in [-0.05, 0) is 49.9 Å². The molecule has 1 aromatic rings. The molecule has 3 rings (SSSR count). The van der Waals surface area contributed by atoms with Crippen molar-refractivity contribution in [3.05, 3.63) is 23.3 Å². The van der Waals surface area contributed by atoms with E-state index in [9.17, 15) is 0 Å². The van der Waals surface area contributed by atoms with Crippen LogP contribution in [0.25, 0.3) is 0 Å². The molecule has 1 N–H and O–H groups in total. The van der Waals surface area contributed by atoms with Crippen LogP contribution in [0.15, 0.2) is 12.1 Å². The maximum absolute atomic E-state index is 5.63. The minimum Gasteiger partial charge on any atom is -0.493 e. The van der Waals surface area contributed by atoms with E-state index in [4.69, 9.17) is 9.47 Å². The summed E-state index contributed by atoms with van der Waals surface area (Å²) in [6.45, 7) is 3.12. The Morgan fingerprint density at radius 1 is 1.44 bits per heavy atom. The van der Waals surface area contributed by atoms with Crippen LogP contribution in [0.4, 0.5) is 0 Å². The lowest BCUT2D eigenvalue weighted by Crippen LogP contribution is -2.30. The van der Waals surface area contributed by atoms with Crippen LogP contribution >= 0.6 is 0 Å². The zero-order valence-electron chi connectivity index (χ0n) is 11.0. The lowest BCUT2D eigenvalue weighted by atomic mass is 9.91. The van der Waals surface area contributed by atoms with Crippen LogP contribution in [-0.4, -0.2) is 26.8 Å². The fourth-order valence-corrected chi connectivity index (χ4v) is 3.04. The van der Waals surface area contributed by atoms with Crippen molar-refractivity contribution in [3.63, 3.8) is 0 Å². The van der Waals surface area contributed by atoms with Gasteiger partial charge in [0.2, 0.25) is 0 Å². The lowest BCUT2D eigenvalue weighted by molar-refractivity contribution is 0.325. The van der Waals surface area contributed by atoms with Gasteiger partial charge in [0.1, 0.15) is 0 Å². The van der Waals surface area contributed by atoms with Crippen molar-refractivity contribution >= 4 is 0 Å². The molecule has 0 bridgehead atoms. The molecular weight excluding hydrogens is 226 g/mol. The number of methoxy groups -OCH3 is 1. The Morgan fingerprint density at radius 3 is 3.17 bits per heavy atom. The Bertz CT molecular complexity index is 425. The van der Waals surface area contributed by atoms with Crippen molar-refractivity contribution < 1.29 is 9.47 Å². The molecule has 0 saturated carbocycles. The third-order valence-electron chi connectivity index (χ3n) is 3.95. The minimum absolute atomic E-state index is 0.767. The monoisotopic (exact) mass is 247 g/mol. The Labute approximate surface area is 108 Å². The molecule has 0 aliphatic carbocycles. The van der Waals surface area contributed by atoms with E-state index in [0.29, 0.717) is 0 Å². The lowest BCUT2D eigenvalue weighted by Gasteiger charge is -2.23. The Hall–Kier alpha value is -1.22. The van der Waals surface area contributed by atoms with E-state index < -0.39 is 0 Å². The van der Waals surface area contributed by atoms with Gasteiger partial charge < -0.3 is 14.8 Å². The van der Waals surface area contributed by atoms with Crippen LogP contribution in [0.2, 0.25) is 0 Å². The van der Waals surface area contributed by atoms with Crippen molar-refractivity contribution in [2.24, 2.45) is 5.92 Å². The molecule has 2 aliphatic rings. The second kappa shape index (κ2) is 5.19. The normalized spacial score (nSPS) is 22.4. The zero-order chi connectivity index (χ0) is 12.4. The van der Waals surface area contributed by atoms with Gasteiger partial charge in [-0.25, -0.2) is 0 Å². The molecule has 1 saturated heterocycles. The van der Waals surface area contributed by atoms with E-state index in [1.165, 1.54) is 30.5 Å². The van der Waals surface area contributed by atoms with Crippen molar-refractivity contribution in [1.82, 2.24) is 5.32 Å². The Balaban J connectivity index is 1.79. The second-order valence-electron chi connectivity index (χ2n) is 5.30. The first-order valence-corrected chi connectivity index (χ1v) is 6.90. The highest BCUT2D eigenvalue weighted by molar-refractivity contribution is 5.51. The van der Waals surface area contributed by atoms with E-state index >= 15 is 0 Å². The SMILES string of the molecule is COc1cc(CC2CCCNC2)cc2c1OCC2. The number of rotatable bonds is 3. The summed E-state index contributed by atoms with van der Waals surface area (Å²) >= 11 is 0. The van der Waals surface area contributed by atoms with Gasteiger partial charge in [-0.3, -0.25) is 0 Å². The number of hydrogen-bond donors (Lipinski definition) is 1. The fraction of sp³-hybridized carbons (Fsp3) is 0.600. The van der Waals surface area contributed by atoms with Crippen LogP contribution in [0, 0.1) is 5.92 Å². The largest absolute Gasteiger partial charge is 0.493 e. The summed E-state index contributed by atoms with van der Waals surface area (Å²) in [5.41, 5.74) is 2.71. The number of fused-ring (bicyclic) bond motifs is 1. The highest BCUT2D eigenvalue weighted by Gasteiger charge is 2.20. The number of benzene rings is 1. The molecule has 0 amide bonds. The molecule has 18 heavy (non-hydrogen) atoms. The van der Waals surface area contributed by atoms with Crippen LogP contribution in [-0.2, 0) is 12.8 Å². The van der Waals surface area contributed by atoms with Crippen molar-refractivity contribution in [2.75, 3.05) is 26.8 Å². The summed E-state index contributed by atoms with van der Waals surface area (Å²) in [7, 11) is 1.73. The average molecular weight is 247 g/mol. The summed E-state index contributed by atoms with van der Waals surface area (Å²) in [5.74, 6) is 2.63. The second-order valence-corrected chi connectivity index (χ2v) is 5.30. The zero-order valence-corrected chi connectivity index (χ0v) is 11.0. The molecule has 1 fully saturated rings. The predicted molar refractivity (Wildman–Crippen MR) is 71.5 cm³/mol. The van der Waals surface area contributed by atoms with E-state index in [1.807, 2.05) is 0 Å². The fourth-order valence-electron chi connectivity index (χ4n) is 3.04. The first kappa shape index (κ1) is 11.8. The van der Waals surface area contributed by atoms with Gasteiger partial charge in [0.05, 0.1) is 13.7 Å². The highest BCUT2D eigenvalue weighted by Crippen LogP contribution is 2.37. The average Bonchev–Trinajstić information content (AvgIpc) is 2.87. The van der Waals surface area contributed by atoms with Gasteiger partial charge in [-0.15, -0.1) is 0 Å². The van der Waals surface area contributed by atoms with Crippen LogP contribution in [0.1, 0.15) is 24.0 Å². The van der Waals surface area contributed by atoms with Crippen molar-refractivity contribution in [2.45, 2.75) is 25.7 Å². The van der Waals surface area contributed by atoms with E-state index in [1.54, 1.807) is 7.11 Å². The smallest absolute Gasteiger partial charge is 0.164 e. The topological polar surface area (TPSA) is 30.5 Å². The highest BCUT2D eigenvalue weighted by atomic mass is 16.5. The van der Waals surface area contributed by atoms with Gasteiger partial charge in [0, 0.05) is 12.0 Å². The number of nitrogens with one attached hydrogen (secondary N) is 1. The van der Waals surface area contributed by atoms with Crippen LogP contribution < -0.4 is 14.8 Å². The molecule has 0 radical (unpaired) electrons. The van der Waals surface area contributed by atoms with Crippen molar-refractivity contribution in [3.8, 4) is 11.5 Å². The number of piperidine rings is 1. The maximum atomic E-state index is 5.63. The van der Waals surface area contributed by atoms with Crippen LogP contribution in [0.5, 0.6) is 11.5 Å². The third kappa shape index (κ3) is 2.32. The first-order chi connectivity index (χ1) is 8.86. The van der Waals surface area contributed by atoms with E-state index in [0.717, 1.165) is 43.4 Å². The molecule has 3 nitrogen and oxygen atoms in total. The standard InChI is InChI=1S/C15H21NO2/c1-17-14-9-12(7-11-3-2-5-16-10-11)8-13-4-6-18-15(13)14/h8-9,11,16H,2-7,10H2,1H3. The minimum atomic E-state index is 0.767. The molecule has 0 spiro atoms. The Kier molecular flexibility index (Phi) is 3.41. The van der Waals surface area contributed by atoms with Gasteiger partial charge >= 0.3 is 0 Å². The molecule has 98 valence electrons. The number of ether oxygens (including phenoxy) is 2. The summed E-state index contributed by atoms with van der Waals surface area (Å²) in [6, 6.07) is 4.46. The van der Waals surface area contributed by atoms with Crippen LogP contribution in [0.3, 0.4) is 0 Å². The molecule has 1 aromatic carbocycles. The number of hydrogen-bond acceptors (Lipinski definition) is 3. The van der Waals surface area contributed by atoms with Crippen molar-refractivity contribution in [1.29, 1.82) is 0 Å². The quantitative estimate of drug-likeness (QED) is 0.888. The summed E-state index contributed by atoms with van der Waals surface area (Å²) in [5, 5.41) is 3.48. The van der Waals surface area contributed by atoms with Gasteiger partial charge in [-0.2, -0.15) is 0 Å². The third-order valence-corrected chi connectivity index (χ3v) is 3.95. The maximum Gasteiger partial charge on any atom is 0.164 e. The van der Waals surface area contributed by atoms with Gasteiger partial charge in [-0.1, -0.05) is 6.07 Å². The molecule has 2 aliphatic heterocycles. The predicted octanol–water partition coefficient (Wildman–Crippen LogP) is 2.17. The van der Waals surface area contributed by atoms with Gasteiger partial charge in [0.25, 0.3) is 0 Å². The van der Waals surface area contributed by atoms with E-state index in [2.05, 4.69) is 17.4 Å². The molecule has 2 heterocycles. The summed E-state index contributed by atoms with van der Waals surface area (Å²) in [4.78, 5) is 0. The Morgan fingerprint density at radius 2 is 2.39 bits per heavy atom.